The van der Waals surface area contributed by atoms with E-state index in [1.54, 1.807) is 7.11 Å². The molecule has 0 unspecified atom stereocenters. The number of nitrogens with one attached hydrogen (secondary N) is 1. The van der Waals surface area contributed by atoms with Crippen LogP contribution in [0.4, 0.5) is 0 Å². The van der Waals surface area contributed by atoms with Crippen LogP contribution < -0.4 is 5.32 Å². The van der Waals surface area contributed by atoms with Crippen LogP contribution in [0, 0.1) is 5.92 Å². The van der Waals surface area contributed by atoms with Crippen molar-refractivity contribution in [3.8, 4) is 0 Å². The standard InChI is InChI=1S/C11H23NOS/c1-9(2)11(8-13-3)12-7-10-5-4-6-14-10/h9-12H,4-8H2,1-3H3/t10-,11-/m1/s1. The maximum absolute atomic E-state index is 5.21. The van der Waals surface area contributed by atoms with Crippen molar-refractivity contribution in [2.75, 3.05) is 26.0 Å². The fraction of sp³-hybridized carbons (Fsp3) is 1.00. The number of hydrogen-bond acceptors (Lipinski definition) is 3. The molecule has 84 valence electrons. The number of methoxy groups -OCH3 is 1. The van der Waals surface area contributed by atoms with Gasteiger partial charge in [0.2, 0.25) is 0 Å². The van der Waals surface area contributed by atoms with Crippen molar-refractivity contribution in [1.29, 1.82) is 0 Å². The van der Waals surface area contributed by atoms with Gasteiger partial charge in [-0.2, -0.15) is 11.8 Å². The SMILES string of the molecule is COC[C@@H](NC[C@H]1CCCS1)C(C)C. The highest BCUT2D eigenvalue weighted by atomic mass is 32.2. The molecule has 1 aliphatic heterocycles. The van der Waals surface area contributed by atoms with E-state index in [-0.39, 0.29) is 0 Å². The predicted octanol–water partition coefficient (Wildman–Crippen LogP) is 2.14. The van der Waals surface area contributed by atoms with Crippen LogP contribution in [-0.4, -0.2) is 37.3 Å². The lowest BCUT2D eigenvalue weighted by Crippen LogP contribution is -2.40. The predicted molar refractivity (Wildman–Crippen MR) is 64.0 cm³/mol. The van der Waals surface area contributed by atoms with Crippen LogP contribution in [-0.2, 0) is 4.74 Å². The third kappa shape index (κ3) is 4.20. The molecular formula is C11H23NOS. The van der Waals surface area contributed by atoms with E-state index in [1.165, 1.54) is 18.6 Å². The van der Waals surface area contributed by atoms with Crippen LogP contribution in [0.25, 0.3) is 0 Å². The van der Waals surface area contributed by atoms with E-state index in [4.69, 9.17) is 4.74 Å². The Morgan fingerprint density at radius 1 is 1.50 bits per heavy atom. The highest BCUT2D eigenvalue weighted by molar-refractivity contribution is 8.00. The van der Waals surface area contributed by atoms with E-state index in [0.717, 1.165) is 18.4 Å². The van der Waals surface area contributed by atoms with Gasteiger partial charge in [-0.05, 0) is 24.5 Å². The first kappa shape index (κ1) is 12.3. The summed E-state index contributed by atoms with van der Waals surface area (Å²) in [5.41, 5.74) is 0. The quantitative estimate of drug-likeness (QED) is 0.736. The molecule has 1 saturated heterocycles. The van der Waals surface area contributed by atoms with Crippen LogP contribution in [0.1, 0.15) is 26.7 Å². The summed E-state index contributed by atoms with van der Waals surface area (Å²) in [5, 5.41) is 4.46. The molecule has 0 saturated carbocycles. The number of thioether (sulfide) groups is 1. The minimum Gasteiger partial charge on any atom is -0.383 e. The molecule has 2 atom stereocenters. The number of hydrogen-bond donors (Lipinski definition) is 1. The Balaban J connectivity index is 2.17. The zero-order valence-electron chi connectivity index (χ0n) is 9.58. The molecule has 1 N–H and O–H groups in total. The second-order valence-electron chi connectivity index (χ2n) is 4.35. The number of ether oxygens (including phenoxy) is 1. The summed E-state index contributed by atoms with van der Waals surface area (Å²) >= 11 is 2.11. The average molecular weight is 217 g/mol. The molecule has 0 amide bonds. The molecule has 1 fully saturated rings. The van der Waals surface area contributed by atoms with Crippen molar-refractivity contribution in [3.05, 3.63) is 0 Å². The highest BCUT2D eigenvalue weighted by Gasteiger charge is 2.18. The Morgan fingerprint density at radius 3 is 2.79 bits per heavy atom. The van der Waals surface area contributed by atoms with Gasteiger partial charge in [-0.3, -0.25) is 0 Å². The zero-order valence-corrected chi connectivity index (χ0v) is 10.4. The third-order valence-electron chi connectivity index (χ3n) is 2.78. The van der Waals surface area contributed by atoms with E-state index < -0.39 is 0 Å². The fourth-order valence-corrected chi connectivity index (χ4v) is 2.97. The Labute approximate surface area is 92.2 Å². The largest absolute Gasteiger partial charge is 0.383 e. The van der Waals surface area contributed by atoms with Crippen LogP contribution in [0.3, 0.4) is 0 Å². The topological polar surface area (TPSA) is 21.3 Å². The first-order valence-corrected chi connectivity index (χ1v) is 6.63. The van der Waals surface area contributed by atoms with Crippen molar-refractivity contribution in [2.45, 2.75) is 38.0 Å². The Hall–Kier alpha value is 0.270. The smallest absolute Gasteiger partial charge is 0.0618 e. The fourth-order valence-electron chi connectivity index (χ4n) is 1.75. The van der Waals surface area contributed by atoms with Crippen molar-refractivity contribution in [1.82, 2.24) is 5.32 Å². The van der Waals surface area contributed by atoms with E-state index in [1.807, 2.05) is 0 Å². The van der Waals surface area contributed by atoms with Gasteiger partial charge in [0, 0.05) is 24.9 Å². The monoisotopic (exact) mass is 217 g/mol. The van der Waals surface area contributed by atoms with Gasteiger partial charge >= 0.3 is 0 Å². The Morgan fingerprint density at radius 2 is 2.29 bits per heavy atom. The van der Waals surface area contributed by atoms with Crippen molar-refractivity contribution >= 4 is 11.8 Å². The summed E-state index contributed by atoms with van der Waals surface area (Å²) in [6.07, 6.45) is 2.78. The van der Waals surface area contributed by atoms with Gasteiger partial charge in [-0.15, -0.1) is 0 Å². The number of rotatable bonds is 6. The molecule has 0 aliphatic carbocycles. The summed E-state index contributed by atoms with van der Waals surface area (Å²) in [6.45, 7) is 6.48. The second kappa shape index (κ2) is 6.70. The molecule has 0 radical (unpaired) electrons. The normalized spacial score (nSPS) is 24.4. The lowest BCUT2D eigenvalue weighted by molar-refractivity contribution is 0.147. The third-order valence-corrected chi connectivity index (χ3v) is 4.18. The van der Waals surface area contributed by atoms with Crippen LogP contribution in [0.5, 0.6) is 0 Å². The minimum atomic E-state index is 0.515. The van der Waals surface area contributed by atoms with Gasteiger partial charge in [-0.1, -0.05) is 13.8 Å². The van der Waals surface area contributed by atoms with Crippen molar-refractivity contribution < 1.29 is 4.74 Å². The van der Waals surface area contributed by atoms with Gasteiger partial charge in [0.15, 0.2) is 0 Å². The maximum atomic E-state index is 5.21. The van der Waals surface area contributed by atoms with E-state index in [2.05, 4.69) is 30.9 Å². The van der Waals surface area contributed by atoms with E-state index in [0.29, 0.717) is 12.0 Å². The Bertz CT molecular complexity index is 146. The molecule has 0 bridgehead atoms. The summed E-state index contributed by atoms with van der Waals surface area (Å²) in [5.74, 6) is 2.00. The molecule has 1 heterocycles. The van der Waals surface area contributed by atoms with Gasteiger partial charge < -0.3 is 10.1 Å². The summed E-state index contributed by atoms with van der Waals surface area (Å²) in [6, 6.07) is 0.515. The maximum Gasteiger partial charge on any atom is 0.0618 e. The first-order valence-electron chi connectivity index (χ1n) is 5.58. The lowest BCUT2D eigenvalue weighted by Gasteiger charge is -2.23. The average Bonchev–Trinajstić information content (AvgIpc) is 2.64. The first-order chi connectivity index (χ1) is 6.74. The highest BCUT2D eigenvalue weighted by Crippen LogP contribution is 2.25. The second-order valence-corrected chi connectivity index (χ2v) is 5.76. The van der Waals surface area contributed by atoms with Gasteiger partial charge in [-0.25, -0.2) is 0 Å². The molecule has 0 spiro atoms. The minimum absolute atomic E-state index is 0.515. The molecule has 3 heteroatoms. The van der Waals surface area contributed by atoms with E-state index in [9.17, 15) is 0 Å². The van der Waals surface area contributed by atoms with Crippen LogP contribution in [0.15, 0.2) is 0 Å². The zero-order chi connectivity index (χ0) is 10.4. The molecule has 0 aromatic carbocycles. The molecule has 0 aromatic rings. The molecule has 1 rings (SSSR count). The molecule has 1 aliphatic rings. The van der Waals surface area contributed by atoms with E-state index >= 15 is 0 Å². The molecule has 0 aromatic heterocycles. The summed E-state index contributed by atoms with van der Waals surface area (Å²) in [7, 11) is 1.78. The van der Waals surface area contributed by atoms with Crippen LogP contribution >= 0.6 is 11.8 Å². The van der Waals surface area contributed by atoms with Crippen molar-refractivity contribution in [3.63, 3.8) is 0 Å². The molecule has 2 nitrogen and oxygen atoms in total. The van der Waals surface area contributed by atoms with Gasteiger partial charge in [0.25, 0.3) is 0 Å². The molecule has 14 heavy (non-hydrogen) atoms. The van der Waals surface area contributed by atoms with Crippen LogP contribution in [0.2, 0.25) is 0 Å². The summed E-state index contributed by atoms with van der Waals surface area (Å²) < 4.78 is 5.21. The van der Waals surface area contributed by atoms with Gasteiger partial charge in [0.1, 0.15) is 0 Å². The molecular weight excluding hydrogens is 194 g/mol. The van der Waals surface area contributed by atoms with Gasteiger partial charge in [0.05, 0.1) is 6.61 Å². The van der Waals surface area contributed by atoms with Crippen molar-refractivity contribution in [2.24, 2.45) is 5.92 Å². The summed E-state index contributed by atoms with van der Waals surface area (Å²) in [4.78, 5) is 0. The Kier molecular flexibility index (Phi) is 5.90. The lowest BCUT2D eigenvalue weighted by atomic mass is 10.1.